The van der Waals surface area contributed by atoms with Crippen molar-refractivity contribution in [3.05, 3.63) is 42.0 Å². The maximum atomic E-state index is 11.3. The number of carboxylic acids is 1. The van der Waals surface area contributed by atoms with Crippen LogP contribution in [-0.2, 0) is 4.74 Å². The lowest BCUT2D eigenvalue weighted by Crippen LogP contribution is -2.16. The van der Waals surface area contributed by atoms with Gasteiger partial charge in [-0.1, -0.05) is 24.8 Å². The number of nitrogens with one attached hydrogen (secondary N) is 1. The third-order valence-electron chi connectivity index (χ3n) is 2.06. The van der Waals surface area contributed by atoms with Gasteiger partial charge in [-0.2, -0.15) is 0 Å². The normalized spacial score (nSPS) is 9.47. The second kappa shape index (κ2) is 5.69. The lowest BCUT2D eigenvalue weighted by atomic mass is 10.1. The minimum absolute atomic E-state index is 0.0584. The van der Waals surface area contributed by atoms with Crippen molar-refractivity contribution >= 4 is 17.7 Å². The molecule has 0 atom stereocenters. The molecule has 0 radical (unpaired) electrons. The van der Waals surface area contributed by atoms with E-state index in [-0.39, 0.29) is 17.9 Å². The molecule has 17 heavy (non-hydrogen) atoms. The first-order chi connectivity index (χ1) is 8.06. The topological polar surface area (TPSA) is 75.6 Å². The van der Waals surface area contributed by atoms with E-state index in [0.29, 0.717) is 5.56 Å². The van der Waals surface area contributed by atoms with Gasteiger partial charge in [0.1, 0.15) is 6.61 Å². The second-order valence-corrected chi connectivity index (χ2v) is 3.31. The van der Waals surface area contributed by atoms with E-state index in [1.807, 2.05) is 0 Å². The standard InChI is InChI=1S/C12H13NO4/c1-3-7-17-12(16)13-9-6-4-5-8(2)10(9)11(14)15/h3-6H,1,7H2,2H3,(H,13,16)(H,14,15). The van der Waals surface area contributed by atoms with Crippen LogP contribution in [0, 0.1) is 6.92 Å². The maximum Gasteiger partial charge on any atom is 0.411 e. The summed E-state index contributed by atoms with van der Waals surface area (Å²) in [6.07, 6.45) is 0.714. The van der Waals surface area contributed by atoms with Crippen molar-refractivity contribution in [2.24, 2.45) is 0 Å². The lowest BCUT2D eigenvalue weighted by Gasteiger charge is -2.10. The molecule has 0 aliphatic heterocycles. The zero-order chi connectivity index (χ0) is 12.8. The van der Waals surface area contributed by atoms with Gasteiger partial charge in [0, 0.05) is 0 Å². The van der Waals surface area contributed by atoms with Crippen LogP contribution in [0.25, 0.3) is 0 Å². The number of rotatable bonds is 4. The van der Waals surface area contributed by atoms with Gasteiger partial charge in [0.25, 0.3) is 0 Å². The molecular weight excluding hydrogens is 222 g/mol. The Balaban J connectivity index is 2.91. The Kier molecular flexibility index (Phi) is 4.28. The largest absolute Gasteiger partial charge is 0.478 e. The molecule has 0 aliphatic carbocycles. The monoisotopic (exact) mass is 235 g/mol. The van der Waals surface area contributed by atoms with Crippen LogP contribution in [0.1, 0.15) is 15.9 Å². The Morgan fingerprint density at radius 1 is 1.53 bits per heavy atom. The Morgan fingerprint density at radius 3 is 2.82 bits per heavy atom. The van der Waals surface area contributed by atoms with Crippen molar-refractivity contribution in [1.29, 1.82) is 0 Å². The highest BCUT2D eigenvalue weighted by Crippen LogP contribution is 2.19. The van der Waals surface area contributed by atoms with Gasteiger partial charge in [-0.15, -0.1) is 0 Å². The molecule has 5 nitrogen and oxygen atoms in total. The van der Waals surface area contributed by atoms with Crippen LogP contribution in [0.5, 0.6) is 0 Å². The summed E-state index contributed by atoms with van der Waals surface area (Å²) in [5.41, 5.74) is 0.841. The molecule has 1 rings (SSSR count). The minimum atomic E-state index is -1.10. The summed E-state index contributed by atoms with van der Waals surface area (Å²) in [7, 11) is 0. The van der Waals surface area contributed by atoms with E-state index in [1.165, 1.54) is 12.1 Å². The molecule has 0 spiro atoms. The van der Waals surface area contributed by atoms with Crippen molar-refractivity contribution in [2.75, 3.05) is 11.9 Å². The number of hydrogen-bond acceptors (Lipinski definition) is 3. The van der Waals surface area contributed by atoms with E-state index < -0.39 is 12.1 Å². The van der Waals surface area contributed by atoms with Crippen molar-refractivity contribution in [3.63, 3.8) is 0 Å². The summed E-state index contributed by atoms with van der Waals surface area (Å²) in [4.78, 5) is 22.3. The summed E-state index contributed by atoms with van der Waals surface area (Å²) < 4.78 is 4.71. The van der Waals surface area contributed by atoms with Crippen LogP contribution in [0.2, 0.25) is 0 Å². The Morgan fingerprint density at radius 2 is 2.24 bits per heavy atom. The first-order valence-electron chi connectivity index (χ1n) is 4.94. The quantitative estimate of drug-likeness (QED) is 0.786. The molecule has 0 heterocycles. The number of ether oxygens (including phenoxy) is 1. The number of amides is 1. The molecule has 0 fully saturated rings. The predicted octanol–water partition coefficient (Wildman–Crippen LogP) is 2.43. The molecule has 0 aliphatic rings. The van der Waals surface area contributed by atoms with E-state index in [4.69, 9.17) is 9.84 Å². The lowest BCUT2D eigenvalue weighted by molar-refractivity contribution is 0.0697. The molecule has 1 aromatic carbocycles. The van der Waals surface area contributed by atoms with Gasteiger partial charge >= 0.3 is 12.1 Å². The highest BCUT2D eigenvalue weighted by Gasteiger charge is 2.14. The Labute approximate surface area is 98.7 Å². The third-order valence-corrected chi connectivity index (χ3v) is 2.06. The average Bonchev–Trinajstić information content (AvgIpc) is 2.25. The summed E-state index contributed by atoms with van der Waals surface area (Å²) in [6.45, 7) is 5.13. The van der Waals surface area contributed by atoms with Gasteiger partial charge in [0.05, 0.1) is 11.3 Å². The molecule has 90 valence electrons. The average molecular weight is 235 g/mol. The minimum Gasteiger partial charge on any atom is -0.478 e. The summed E-state index contributed by atoms with van der Waals surface area (Å²) >= 11 is 0. The molecule has 2 N–H and O–H groups in total. The predicted molar refractivity (Wildman–Crippen MR) is 63.3 cm³/mol. The van der Waals surface area contributed by atoms with Crippen molar-refractivity contribution < 1.29 is 19.4 Å². The van der Waals surface area contributed by atoms with Gasteiger partial charge in [-0.05, 0) is 18.6 Å². The van der Waals surface area contributed by atoms with Crippen LogP contribution in [-0.4, -0.2) is 23.8 Å². The molecular formula is C12H13NO4. The van der Waals surface area contributed by atoms with Crippen molar-refractivity contribution in [1.82, 2.24) is 0 Å². The third kappa shape index (κ3) is 3.34. The first kappa shape index (κ1) is 12.8. The fraction of sp³-hybridized carbons (Fsp3) is 0.167. The number of anilines is 1. The van der Waals surface area contributed by atoms with Gasteiger partial charge in [-0.3, -0.25) is 5.32 Å². The SMILES string of the molecule is C=CCOC(=O)Nc1cccc(C)c1C(=O)O. The highest BCUT2D eigenvalue weighted by molar-refractivity contribution is 5.99. The van der Waals surface area contributed by atoms with Gasteiger partial charge in [-0.25, -0.2) is 9.59 Å². The second-order valence-electron chi connectivity index (χ2n) is 3.31. The van der Waals surface area contributed by atoms with Gasteiger partial charge in [0.15, 0.2) is 0 Å². The van der Waals surface area contributed by atoms with E-state index in [1.54, 1.807) is 19.1 Å². The maximum absolute atomic E-state index is 11.3. The molecule has 0 bridgehead atoms. The number of carbonyl (C=O) groups is 2. The molecule has 0 aromatic heterocycles. The van der Waals surface area contributed by atoms with E-state index >= 15 is 0 Å². The number of carboxylic acid groups (broad SMARTS) is 1. The van der Waals surface area contributed by atoms with Crippen molar-refractivity contribution in [3.8, 4) is 0 Å². The zero-order valence-electron chi connectivity index (χ0n) is 9.40. The molecule has 5 heteroatoms. The Hall–Kier alpha value is -2.30. The summed E-state index contributed by atoms with van der Waals surface area (Å²) in [5, 5.41) is 11.4. The summed E-state index contributed by atoms with van der Waals surface area (Å²) in [5.74, 6) is -1.10. The number of carbonyl (C=O) groups excluding carboxylic acids is 1. The molecule has 1 aromatic rings. The number of aryl methyl sites for hydroxylation is 1. The highest BCUT2D eigenvalue weighted by atomic mass is 16.5. The number of aromatic carboxylic acids is 1. The van der Waals surface area contributed by atoms with Crippen LogP contribution >= 0.6 is 0 Å². The fourth-order valence-corrected chi connectivity index (χ4v) is 1.34. The molecule has 0 saturated heterocycles. The van der Waals surface area contributed by atoms with Crippen molar-refractivity contribution in [2.45, 2.75) is 6.92 Å². The summed E-state index contributed by atoms with van der Waals surface area (Å²) in [6, 6.07) is 4.82. The van der Waals surface area contributed by atoms with Gasteiger partial charge < -0.3 is 9.84 Å². The van der Waals surface area contributed by atoms with Gasteiger partial charge in [0.2, 0.25) is 0 Å². The zero-order valence-corrected chi connectivity index (χ0v) is 9.40. The number of hydrogen-bond donors (Lipinski definition) is 2. The van der Waals surface area contributed by atoms with E-state index in [0.717, 1.165) is 0 Å². The Bertz CT molecular complexity index is 454. The van der Waals surface area contributed by atoms with Crippen LogP contribution < -0.4 is 5.32 Å². The van der Waals surface area contributed by atoms with E-state index in [2.05, 4.69) is 11.9 Å². The smallest absolute Gasteiger partial charge is 0.411 e. The fourth-order valence-electron chi connectivity index (χ4n) is 1.34. The van der Waals surface area contributed by atoms with Crippen LogP contribution in [0.4, 0.5) is 10.5 Å². The molecule has 1 amide bonds. The first-order valence-corrected chi connectivity index (χ1v) is 4.94. The van der Waals surface area contributed by atoms with E-state index in [9.17, 15) is 9.59 Å². The molecule has 0 saturated carbocycles. The van der Waals surface area contributed by atoms with Crippen LogP contribution in [0.3, 0.4) is 0 Å². The number of benzene rings is 1. The van der Waals surface area contributed by atoms with Crippen LogP contribution in [0.15, 0.2) is 30.9 Å². The molecule has 0 unspecified atom stereocenters.